The summed E-state index contributed by atoms with van der Waals surface area (Å²) in [6.45, 7) is 3.50. The van der Waals surface area contributed by atoms with Crippen LogP contribution in [-0.4, -0.2) is 26.5 Å². The maximum atomic E-state index is 11.5. The first-order chi connectivity index (χ1) is 17.5. The fourth-order valence-electron chi connectivity index (χ4n) is 4.39. The SMILES string of the molecule is CC(=O)Nc1ccc(-n2c3cc(=NC4CC4)c(Nc4cccnc4C)cc-3nc3ccccc32)cc1. The van der Waals surface area contributed by atoms with Crippen molar-refractivity contribution in [2.75, 3.05) is 10.6 Å². The van der Waals surface area contributed by atoms with Gasteiger partial charge < -0.3 is 15.2 Å². The van der Waals surface area contributed by atoms with Gasteiger partial charge in [-0.15, -0.1) is 0 Å². The van der Waals surface area contributed by atoms with E-state index < -0.39 is 0 Å². The van der Waals surface area contributed by atoms with Crippen LogP contribution in [0.1, 0.15) is 25.5 Å². The average Bonchev–Trinajstić information content (AvgIpc) is 3.69. The molecule has 7 heteroatoms. The van der Waals surface area contributed by atoms with Crippen LogP contribution in [0.25, 0.3) is 28.1 Å². The van der Waals surface area contributed by atoms with Crippen molar-refractivity contribution >= 4 is 34.0 Å². The number of nitrogens with one attached hydrogen (secondary N) is 2. The van der Waals surface area contributed by atoms with Gasteiger partial charge in [0.2, 0.25) is 5.91 Å². The Balaban J connectivity index is 1.58. The number of benzene rings is 3. The normalized spacial score (nSPS) is 13.8. The number of carbonyl (C=O) groups excluding carboxylic acids is 1. The molecule has 0 saturated heterocycles. The fourth-order valence-corrected chi connectivity index (χ4v) is 4.39. The molecule has 2 heterocycles. The van der Waals surface area contributed by atoms with Crippen LogP contribution in [0.4, 0.5) is 17.1 Å². The zero-order chi connectivity index (χ0) is 24.6. The van der Waals surface area contributed by atoms with Crippen LogP contribution in [0.2, 0.25) is 0 Å². The molecule has 1 fully saturated rings. The minimum absolute atomic E-state index is 0.0922. The molecule has 36 heavy (non-hydrogen) atoms. The van der Waals surface area contributed by atoms with Gasteiger partial charge in [0.25, 0.3) is 0 Å². The summed E-state index contributed by atoms with van der Waals surface area (Å²) in [5.74, 6) is -0.0922. The fraction of sp³-hybridized carbons (Fsp3) is 0.172. The Labute approximate surface area is 208 Å². The molecule has 1 aliphatic heterocycles. The van der Waals surface area contributed by atoms with Crippen LogP contribution in [0.15, 0.2) is 84.0 Å². The summed E-state index contributed by atoms with van der Waals surface area (Å²) in [6, 6.07) is 24.5. The van der Waals surface area contributed by atoms with Crippen LogP contribution >= 0.6 is 0 Å². The summed E-state index contributed by atoms with van der Waals surface area (Å²) in [4.78, 5) is 26.0. The largest absolute Gasteiger partial charge is 0.352 e. The van der Waals surface area contributed by atoms with Gasteiger partial charge in [0.1, 0.15) is 0 Å². The number of para-hydroxylation sites is 2. The molecule has 2 N–H and O–H groups in total. The number of aromatic nitrogens is 3. The lowest BCUT2D eigenvalue weighted by molar-refractivity contribution is -0.114. The van der Waals surface area contributed by atoms with Gasteiger partial charge in [0, 0.05) is 24.5 Å². The van der Waals surface area contributed by atoms with Crippen molar-refractivity contribution < 1.29 is 4.79 Å². The van der Waals surface area contributed by atoms with Crippen molar-refractivity contribution in [3.05, 3.63) is 90.0 Å². The summed E-state index contributed by atoms with van der Waals surface area (Å²) in [5, 5.41) is 7.31. The standard InChI is InChI=1S/C29H26N6O/c1-18-23(7-5-15-30-18)33-25-16-27-29(17-26(25)32-21-9-10-21)35(28-8-4-3-6-24(28)34-27)22-13-11-20(12-14-22)31-19(2)36/h3-8,11-17,21,33H,9-10H2,1-2H3,(H,31,36). The number of carbonyl (C=O) groups is 1. The van der Waals surface area contributed by atoms with E-state index in [0.29, 0.717) is 6.04 Å². The second kappa shape index (κ2) is 8.92. The van der Waals surface area contributed by atoms with Gasteiger partial charge in [0.05, 0.1) is 50.9 Å². The maximum absolute atomic E-state index is 11.5. The second-order valence-corrected chi connectivity index (χ2v) is 9.14. The molecular formula is C29H26N6O. The predicted octanol–water partition coefficient (Wildman–Crippen LogP) is 5.60. The van der Waals surface area contributed by atoms with Crippen molar-refractivity contribution in [2.45, 2.75) is 32.7 Å². The molecule has 7 nitrogen and oxygen atoms in total. The monoisotopic (exact) mass is 474 g/mol. The highest BCUT2D eigenvalue weighted by Crippen LogP contribution is 2.32. The van der Waals surface area contributed by atoms with Gasteiger partial charge in [-0.05, 0) is 80.4 Å². The number of nitrogens with zero attached hydrogens (tertiary/aromatic N) is 4. The molecule has 1 aromatic heterocycles. The molecule has 6 rings (SSSR count). The van der Waals surface area contributed by atoms with E-state index in [9.17, 15) is 4.79 Å². The number of hydrogen-bond acceptors (Lipinski definition) is 5. The molecule has 1 amide bonds. The first kappa shape index (κ1) is 22.0. The molecule has 178 valence electrons. The molecule has 3 aliphatic rings. The van der Waals surface area contributed by atoms with Gasteiger partial charge in [-0.25, -0.2) is 4.98 Å². The van der Waals surface area contributed by atoms with Gasteiger partial charge in [-0.1, -0.05) is 12.1 Å². The Hall–Kier alpha value is -4.52. The van der Waals surface area contributed by atoms with Gasteiger partial charge in [-0.3, -0.25) is 14.8 Å². The van der Waals surface area contributed by atoms with Crippen molar-refractivity contribution in [3.63, 3.8) is 0 Å². The smallest absolute Gasteiger partial charge is 0.221 e. The quantitative estimate of drug-likeness (QED) is 0.325. The molecule has 0 radical (unpaired) electrons. The number of anilines is 3. The van der Waals surface area contributed by atoms with Gasteiger partial charge >= 0.3 is 0 Å². The first-order valence-corrected chi connectivity index (χ1v) is 12.1. The van der Waals surface area contributed by atoms with Crippen LogP contribution in [0.5, 0.6) is 0 Å². The molecule has 2 aromatic carbocycles. The van der Waals surface area contributed by atoms with Crippen LogP contribution in [-0.2, 0) is 4.79 Å². The Morgan fingerprint density at radius 2 is 1.81 bits per heavy atom. The van der Waals surface area contributed by atoms with Crippen LogP contribution in [0.3, 0.4) is 0 Å². The molecule has 0 unspecified atom stereocenters. The lowest BCUT2D eigenvalue weighted by Gasteiger charge is -2.20. The zero-order valence-electron chi connectivity index (χ0n) is 20.2. The van der Waals surface area contributed by atoms with E-state index in [1.807, 2.05) is 61.5 Å². The highest BCUT2D eigenvalue weighted by molar-refractivity contribution is 5.89. The number of rotatable bonds is 5. The van der Waals surface area contributed by atoms with Gasteiger partial charge in [0.15, 0.2) is 0 Å². The average molecular weight is 475 g/mol. The van der Waals surface area contributed by atoms with E-state index in [1.54, 1.807) is 6.20 Å². The number of aryl methyl sites for hydroxylation is 1. The van der Waals surface area contributed by atoms with Gasteiger partial charge in [-0.2, -0.15) is 0 Å². The third kappa shape index (κ3) is 4.31. The predicted molar refractivity (Wildman–Crippen MR) is 143 cm³/mol. The summed E-state index contributed by atoms with van der Waals surface area (Å²) < 4.78 is 2.21. The van der Waals surface area contributed by atoms with Crippen molar-refractivity contribution in [2.24, 2.45) is 4.99 Å². The number of amides is 1. The molecule has 3 aromatic rings. The molecule has 0 spiro atoms. The van der Waals surface area contributed by atoms with E-state index in [2.05, 4.69) is 38.4 Å². The summed E-state index contributed by atoms with van der Waals surface area (Å²) in [6.07, 6.45) is 4.03. The third-order valence-electron chi connectivity index (χ3n) is 6.29. The summed E-state index contributed by atoms with van der Waals surface area (Å²) in [5.41, 5.74) is 8.26. The van der Waals surface area contributed by atoms with Crippen LogP contribution < -0.4 is 16.0 Å². The minimum Gasteiger partial charge on any atom is -0.352 e. The molecular weight excluding hydrogens is 448 g/mol. The number of hydrogen-bond donors (Lipinski definition) is 2. The zero-order valence-corrected chi connectivity index (χ0v) is 20.2. The Morgan fingerprint density at radius 1 is 1.00 bits per heavy atom. The topological polar surface area (TPSA) is 84.2 Å². The first-order valence-electron chi connectivity index (χ1n) is 12.1. The summed E-state index contributed by atoms with van der Waals surface area (Å²) >= 11 is 0. The van der Waals surface area contributed by atoms with E-state index in [-0.39, 0.29) is 5.91 Å². The highest BCUT2D eigenvalue weighted by Gasteiger charge is 2.22. The van der Waals surface area contributed by atoms with E-state index in [4.69, 9.17) is 9.98 Å². The second-order valence-electron chi connectivity index (χ2n) is 9.14. The molecule has 2 aliphatic carbocycles. The molecule has 0 atom stereocenters. The highest BCUT2D eigenvalue weighted by atomic mass is 16.1. The molecule has 1 saturated carbocycles. The Bertz CT molecular complexity index is 1630. The lowest BCUT2D eigenvalue weighted by Crippen LogP contribution is -2.16. The maximum Gasteiger partial charge on any atom is 0.221 e. The minimum atomic E-state index is -0.0922. The third-order valence-corrected chi connectivity index (χ3v) is 6.29. The summed E-state index contributed by atoms with van der Waals surface area (Å²) in [7, 11) is 0. The number of pyridine rings is 1. The Morgan fingerprint density at radius 3 is 2.56 bits per heavy atom. The van der Waals surface area contributed by atoms with E-state index in [1.165, 1.54) is 6.92 Å². The van der Waals surface area contributed by atoms with Crippen LogP contribution in [0, 0.1) is 6.92 Å². The lowest BCUT2D eigenvalue weighted by atomic mass is 10.1. The van der Waals surface area contributed by atoms with E-state index in [0.717, 1.165) is 69.1 Å². The van der Waals surface area contributed by atoms with Crippen molar-refractivity contribution in [1.29, 1.82) is 0 Å². The number of fused-ring (bicyclic) bond motifs is 2. The van der Waals surface area contributed by atoms with E-state index >= 15 is 0 Å². The molecule has 0 bridgehead atoms. The van der Waals surface area contributed by atoms with Crippen molar-refractivity contribution in [3.8, 4) is 17.1 Å². The Kier molecular flexibility index (Phi) is 5.45. The van der Waals surface area contributed by atoms with Crippen molar-refractivity contribution in [1.82, 2.24) is 14.5 Å².